The number of carbonyl (C=O) groups is 1. The molecule has 2 fully saturated rings. The van der Waals surface area contributed by atoms with E-state index in [0.29, 0.717) is 11.8 Å². The van der Waals surface area contributed by atoms with Gasteiger partial charge in [-0.25, -0.2) is 0 Å². The first-order chi connectivity index (χ1) is 8.18. The zero-order valence-corrected chi connectivity index (χ0v) is 12.5. The summed E-state index contributed by atoms with van der Waals surface area (Å²) in [5.41, 5.74) is 0. The molecular formula is C14H27ClN2O. The van der Waals surface area contributed by atoms with Crippen molar-refractivity contribution in [3.8, 4) is 0 Å². The highest BCUT2D eigenvalue weighted by Gasteiger charge is 2.31. The lowest BCUT2D eigenvalue weighted by atomic mass is 9.86. The van der Waals surface area contributed by atoms with Crippen LogP contribution in [0.3, 0.4) is 0 Å². The Morgan fingerprint density at radius 2 is 1.89 bits per heavy atom. The fourth-order valence-electron chi connectivity index (χ4n) is 3.06. The predicted molar refractivity (Wildman–Crippen MR) is 77.0 cm³/mol. The van der Waals surface area contributed by atoms with Crippen LogP contribution >= 0.6 is 12.4 Å². The van der Waals surface area contributed by atoms with Gasteiger partial charge in [-0.15, -0.1) is 12.4 Å². The maximum absolute atomic E-state index is 12.2. The molecule has 4 heteroatoms. The van der Waals surface area contributed by atoms with Gasteiger partial charge < -0.3 is 10.2 Å². The molecule has 1 atom stereocenters. The molecule has 1 saturated carbocycles. The minimum atomic E-state index is 0. The molecule has 0 spiro atoms. The number of halogens is 1. The van der Waals surface area contributed by atoms with E-state index in [1.54, 1.807) is 0 Å². The third-order valence-electron chi connectivity index (χ3n) is 4.54. The van der Waals surface area contributed by atoms with Crippen LogP contribution in [0.4, 0.5) is 0 Å². The molecule has 1 aliphatic carbocycles. The van der Waals surface area contributed by atoms with Gasteiger partial charge in [0.15, 0.2) is 0 Å². The van der Waals surface area contributed by atoms with Gasteiger partial charge >= 0.3 is 0 Å². The third-order valence-corrected chi connectivity index (χ3v) is 4.54. The molecule has 1 unspecified atom stereocenters. The van der Waals surface area contributed by atoms with Gasteiger partial charge in [0.2, 0.25) is 5.91 Å². The van der Waals surface area contributed by atoms with E-state index in [1.165, 1.54) is 32.1 Å². The van der Waals surface area contributed by atoms with Crippen molar-refractivity contribution >= 4 is 18.3 Å². The Hall–Kier alpha value is -0.280. The summed E-state index contributed by atoms with van der Waals surface area (Å²) in [6, 6.07) is 0. The van der Waals surface area contributed by atoms with Crippen LogP contribution in [0.15, 0.2) is 0 Å². The number of nitrogens with one attached hydrogen (secondary N) is 1. The SMILES string of the molecule is CC(C(=O)N(C)CC1CCCCC1)C1CNC1.Cl. The van der Waals surface area contributed by atoms with Gasteiger partial charge in [-0.05, 0) is 37.8 Å². The number of carbonyl (C=O) groups excluding carboxylic acids is 1. The van der Waals surface area contributed by atoms with E-state index < -0.39 is 0 Å². The lowest BCUT2D eigenvalue weighted by Crippen LogP contribution is -2.50. The van der Waals surface area contributed by atoms with E-state index in [0.717, 1.165) is 25.6 Å². The van der Waals surface area contributed by atoms with Crippen molar-refractivity contribution in [1.29, 1.82) is 0 Å². The van der Waals surface area contributed by atoms with E-state index >= 15 is 0 Å². The molecule has 3 nitrogen and oxygen atoms in total. The highest BCUT2D eigenvalue weighted by molar-refractivity contribution is 5.85. The molecule has 2 aliphatic rings. The normalized spacial score (nSPS) is 22.8. The largest absolute Gasteiger partial charge is 0.345 e. The van der Waals surface area contributed by atoms with Gasteiger partial charge in [0.05, 0.1) is 0 Å². The maximum atomic E-state index is 12.2. The molecule has 1 saturated heterocycles. The molecule has 1 amide bonds. The smallest absolute Gasteiger partial charge is 0.225 e. The Kier molecular flexibility index (Phi) is 6.44. The van der Waals surface area contributed by atoms with Crippen molar-refractivity contribution in [2.45, 2.75) is 39.0 Å². The Morgan fingerprint density at radius 3 is 2.39 bits per heavy atom. The van der Waals surface area contributed by atoms with Crippen LogP contribution < -0.4 is 5.32 Å². The second kappa shape index (κ2) is 7.34. The van der Waals surface area contributed by atoms with Crippen molar-refractivity contribution in [2.75, 3.05) is 26.7 Å². The van der Waals surface area contributed by atoms with Crippen LogP contribution in [-0.4, -0.2) is 37.5 Å². The monoisotopic (exact) mass is 274 g/mol. The van der Waals surface area contributed by atoms with Crippen molar-refractivity contribution in [1.82, 2.24) is 10.2 Å². The summed E-state index contributed by atoms with van der Waals surface area (Å²) in [5.74, 6) is 1.87. The Labute approximate surface area is 117 Å². The third kappa shape index (κ3) is 3.86. The molecule has 2 rings (SSSR count). The molecule has 0 radical (unpaired) electrons. The molecule has 1 N–H and O–H groups in total. The standard InChI is InChI=1S/C14H26N2O.ClH/c1-11(13-8-15-9-13)14(17)16(2)10-12-6-4-3-5-7-12;/h11-13,15H,3-10H2,1-2H3;1H. The van der Waals surface area contributed by atoms with Crippen LogP contribution in [-0.2, 0) is 4.79 Å². The number of hydrogen-bond acceptors (Lipinski definition) is 2. The Morgan fingerprint density at radius 1 is 1.28 bits per heavy atom. The summed E-state index contributed by atoms with van der Waals surface area (Å²) < 4.78 is 0. The van der Waals surface area contributed by atoms with Gasteiger partial charge in [-0.1, -0.05) is 26.2 Å². The number of hydrogen-bond donors (Lipinski definition) is 1. The van der Waals surface area contributed by atoms with Gasteiger partial charge in [0.25, 0.3) is 0 Å². The second-order valence-electron chi connectivity index (χ2n) is 5.93. The molecule has 18 heavy (non-hydrogen) atoms. The van der Waals surface area contributed by atoms with Crippen LogP contribution in [0, 0.1) is 17.8 Å². The minimum absolute atomic E-state index is 0. The fraction of sp³-hybridized carbons (Fsp3) is 0.929. The fourth-order valence-corrected chi connectivity index (χ4v) is 3.06. The lowest BCUT2D eigenvalue weighted by molar-refractivity contribution is -0.136. The topological polar surface area (TPSA) is 32.3 Å². The minimum Gasteiger partial charge on any atom is -0.345 e. The zero-order chi connectivity index (χ0) is 12.3. The van der Waals surface area contributed by atoms with E-state index in [4.69, 9.17) is 0 Å². The average Bonchev–Trinajstić information content (AvgIpc) is 2.27. The van der Waals surface area contributed by atoms with Gasteiger partial charge in [0.1, 0.15) is 0 Å². The van der Waals surface area contributed by atoms with Crippen molar-refractivity contribution in [3.05, 3.63) is 0 Å². The molecule has 1 aliphatic heterocycles. The van der Waals surface area contributed by atoms with Crippen molar-refractivity contribution in [3.63, 3.8) is 0 Å². The molecule has 0 aromatic carbocycles. The van der Waals surface area contributed by atoms with E-state index in [1.807, 2.05) is 11.9 Å². The number of amides is 1. The van der Waals surface area contributed by atoms with Gasteiger partial charge in [-0.2, -0.15) is 0 Å². The van der Waals surface area contributed by atoms with Gasteiger partial charge in [0, 0.05) is 19.5 Å². The summed E-state index contributed by atoms with van der Waals surface area (Å²) >= 11 is 0. The Balaban J connectivity index is 0.00000162. The summed E-state index contributed by atoms with van der Waals surface area (Å²) in [6.45, 7) is 5.10. The van der Waals surface area contributed by atoms with Crippen molar-refractivity contribution < 1.29 is 4.79 Å². The quantitative estimate of drug-likeness (QED) is 0.853. The second-order valence-corrected chi connectivity index (χ2v) is 5.93. The summed E-state index contributed by atoms with van der Waals surface area (Å²) in [5, 5.41) is 3.25. The van der Waals surface area contributed by atoms with Crippen LogP contribution in [0.2, 0.25) is 0 Å². The molecular weight excluding hydrogens is 248 g/mol. The molecule has 106 valence electrons. The highest BCUT2D eigenvalue weighted by atomic mass is 35.5. The van der Waals surface area contributed by atoms with Crippen LogP contribution in [0.25, 0.3) is 0 Å². The van der Waals surface area contributed by atoms with E-state index in [2.05, 4.69) is 12.2 Å². The molecule has 1 heterocycles. The van der Waals surface area contributed by atoms with Crippen molar-refractivity contribution in [2.24, 2.45) is 17.8 Å². The highest BCUT2D eigenvalue weighted by Crippen LogP contribution is 2.25. The average molecular weight is 275 g/mol. The first-order valence-corrected chi connectivity index (χ1v) is 7.14. The summed E-state index contributed by atoms with van der Waals surface area (Å²) in [7, 11) is 1.99. The summed E-state index contributed by atoms with van der Waals surface area (Å²) in [6.07, 6.45) is 6.73. The summed E-state index contributed by atoms with van der Waals surface area (Å²) in [4.78, 5) is 14.2. The van der Waals surface area contributed by atoms with Crippen LogP contribution in [0.1, 0.15) is 39.0 Å². The first-order valence-electron chi connectivity index (χ1n) is 7.14. The molecule has 0 bridgehead atoms. The maximum Gasteiger partial charge on any atom is 0.225 e. The predicted octanol–water partition coefficient (Wildman–Crippen LogP) is 2.30. The van der Waals surface area contributed by atoms with Crippen LogP contribution in [0.5, 0.6) is 0 Å². The molecule has 0 aromatic rings. The lowest BCUT2D eigenvalue weighted by Gasteiger charge is -2.35. The number of nitrogens with zero attached hydrogens (tertiary/aromatic N) is 1. The van der Waals surface area contributed by atoms with E-state index in [9.17, 15) is 4.79 Å². The first kappa shape index (κ1) is 15.8. The number of rotatable bonds is 4. The zero-order valence-electron chi connectivity index (χ0n) is 11.7. The Bertz CT molecular complexity index is 263. The van der Waals surface area contributed by atoms with Gasteiger partial charge in [-0.3, -0.25) is 4.79 Å². The van der Waals surface area contributed by atoms with E-state index in [-0.39, 0.29) is 18.3 Å². The molecule has 0 aromatic heterocycles.